The van der Waals surface area contributed by atoms with Gasteiger partial charge in [-0.25, -0.2) is 0 Å². The van der Waals surface area contributed by atoms with E-state index in [9.17, 15) is 0 Å². The van der Waals surface area contributed by atoms with Crippen molar-refractivity contribution >= 4 is 57.7 Å². The van der Waals surface area contributed by atoms with Crippen molar-refractivity contribution in [1.29, 1.82) is 0 Å². The van der Waals surface area contributed by atoms with Crippen LogP contribution in [0.15, 0.2) is 60.7 Å². The van der Waals surface area contributed by atoms with Crippen molar-refractivity contribution < 1.29 is 0 Å². The van der Waals surface area contributed by atoms with Crippen molar-refractivity contribution in [2.75, 3.05) is 0 Å². The van der Waals surface area contributed by atoms with Crippen LogP contribution in [0.2, 0.25) is 18.6 Å². The Bertz CT molecular complexity index is 490. The summed E-state index contributed by atoms with van der Waals surface area (Å²) in [7, 11) is -1.98. The first-order valence-corrected chi connectivity index (χ1v) is 14.5. The minimum atomic E-state index is -2.43. The van der Waals surface area contributed by atoms with E-state index >= 15 is 0 Å². The van der Waals surface area contributed by atoms with Gasteiger partial charge in [0, 0.05) is 0 Å². The molecule has 1 unspecified atom stereocenters. The second-order valence-electron chi connectivity index (χ2n) is 5.13. The second kappa shape index (κ2) is 6.67. The van der Waals surface area contributed by atoms with Gasteiger partial charge in [-0.2, -0.15) is 11.1 Å². The van der Waals surface area contributed by atoms with E-state index in [0.717, 1.165) is 17.3 Å². The molecule has 0 aliphatic heterocycles. The minimum Gasteiger partial charge on any atom is -0.161 e. The van der Waals surface area contributed by atoms with E-state index in [2.05, 4.69) is 18.7 Å². The summed E-state index contributed by atoms with van der Waals surface area (Å²) in [5, 5.41) is 2.31. The van der Waals surface area contributed by atoms with Crippen LogP contribution in [0.3, 0.4) is 0 Å². The zero-order valence-electron chi connectivity index (χ0n) is 11.3. The highest BCUT2D eigenvalue weighted by Crippen LogP contribution is 2.28. The van der Waals surface area contributed by atoms with Gasteiger partial charge in [-0.05, 0) is 22.5 Å². The summed E-state index contributed by atoms with van der Waals surface area (Å²) in [6, 6.07) is 22.0. The minimum absolute atomic E-state index is 0.793. The van der Waals surface area contributed by atoms with Gasteiger partial charge in [0.2, 0.25) is 0 Å². The number of halogens is 3. The molecule has 2 aromatic carbocycles. The fourth-order valence-electron chi connectivity index (χ4n) is 2.15. The molecule has 0 fully saturated rings. The highest BCUT2D eigenvalue weighted by Gasteiger charge is 2.36. The number of rotatable bonds is 5. The smallest absolute Gasteiger partial charge is 0.161 e. The lowest BCUT2D eigenvalue weighted by atomic mass is 10.4. The molecule has 0 bridgehead atoms. The molecule has 0 N–H and O–H groups in total. The van der Waals surface area contributed by atoms with Crippen molar-refractivity contribution in [2.45, 2.75) is 18.6 Å². The summed E-state index contributed by atoms with van der Waals surface area (Å²) in [6.07, 6.45) is 0. The van der Waals surface area contributed by atoms with Gasteiger partial charge < -0.3 is 0 Å². The molecular formula is C15H17Cl3Si2. The SMILES string of the molecule is C[Si](Cl)(CC[Si](Cl)(Cl)c1ccccc1)c1ccccc1. The maximum absolute atomic E-state index is 6.80. The lowest BCUT2D eigenvalue weighted by molar-refractivity contribution is 1.37. The maximum Gasteiger partial charge on any atom is 0.280 e. The molecule has 2 rings (SSSR count). The van der Waals surface area contributed by atoms with E-state index in [1.165, 1.54) is 5.19 Å². The van der Waals surface area contributed by atoms with Gasteiger partial charge in [-0.3, -0.25) is 0 Å². The molecule has 0 aliphatic carbocycles. The third kappa shape index (κ3) is 4.12. The molecule has 0 saturated heterocycles. The van der Waals surface area contributed by atoms with Crippen molar-refractivity contribution in [1.82, 2.24) is 0 Å². The summed E-state index contributed by atoms with van der Waals surface area (Å²) in [6.45, 7) is -0.268. The lowest BCUT2D eigenvalue weighted by Crippen LogP contribution is -2.43. The van der Waals surface area contributed by atoms with Gasteiger partial charge >= 0.3 is 0 Å². The monoisotopic (exact) mass is 358 g/mol. The summed E-state index contributed by atoms with van der Waals surface area (Å²) in [5.41, 5.74) is 0. The molecular weight excluding hydrogens is 343 g/mol. The maximum atomic E-state index is 6.80. The topological polar surface area (TPSA) is 0 Å². The Kier molecular flexibility index (Phi) is 5.38. The normalized spacial score (nSPS) is 14.8. The van der Waals surface area contributed by atoms with E-state index < -0.39 is 14.1 Å². The molecule has 20 heavy (non-hydrogen) atoms. The Morgan fingerprint density at radius 2 is 1.15 bits per heavy atom. The van der Waals surface area contributed by atoms with E-state index in [0.29, 0.717) is 0 Å². The van der Waals surface area contributed by atoms with Gasteiger partial charge in [0.15, 0.2) is 7.38 Å². The molecule has 2 aromatic rings. The van der Waals surface area contributed by atoms with Crippen molar-refractivity contribution in [3.63, 3.8) is 0 Å². The van der Waals surface area contributed by atoms with Crippen LogP contribution in [0.25, 0.3) is 0 Å². The van der Waals surface area contributed by atoms with Gasteiger partial charge in [0.05, 0.1) is 0 Å². The van der Waals surface area contributed by atoms with Crippen LogP contribution in [-0.4, -0.2) is 14.1 Å². The molecule has 0 radical (unpaired) electrons. The Morgan fingerprint density at radius 3 is 1.65 bits per heavy atom. The largest absolute Gasteiger partial charge is 0.280 e. The molecule has 0 spiro atoms. The second-order valence-corrected chi connectivity index (χ2v) is 18.0. The molecule has 0 heterocycles. The van der Waals surface area contributed by atoms with E-state index in [4.69, 9.17) is 33.2 Å². The Balaban J connectivity index is 2.08. The summed E-state index contributed by atoms with van der Waals surface area (Å²) < 4.78 is 0. The lowest BCUT2D eigenvalue weighted by Gasteiger charge is -2.24. The fourth-order valence-corrected chi connectivity index (χ4v) is 11.1. The first-order valence-electron chi connectivity index (χ1n) is 6.60. The highest BCUT2D eigenvalue weighted by atomic mass is 35.7. The Morgan fingerprint density at radius 1 is 0.700 bits per heavy atom. The zero-order chi connectivity index (χ0) is 14.6. The van der Waals surface area contributed by atoms with Gasteiger partial charge in [0.25, 0.3) is 6.69 Å². The first-order chi connectivity index (χ1) is 9.42. The molecule has 1 atom stereocenters. The fraction of sp³-hybridized carbons (Fsp3) is 0.200. The molecule has 106 valence electrons. The Labute approximate surface area is 136 Å². The predicted octanol–water partition coefficient (Wildman–Crippen LogP) is 4.53. The average molecular weight is 360 g/mol. The number of hydrogen-bond acceptors (Lipinski definition) is 0. The summed E-state index contributed by atoms with van der Waals surface area (Å²) in [5.74, 6) is 0. The van der Waals surface area contributed by atoms with Crippen molar-refractivity contribution in [3.05, 3.63) is 60.7 Å². The van der Waals surface area contributed by atoms with Crippen LogP contribution in [0.5, 0.6) is 0 Å². The molecule has 0 saturated carbocycles. The zero-order valence-corrected chi connectivity index (χ0v) is 15.6. The van der Waals surface area contributed by atoms with Gasteiger partial charge in [0.1, 0.15) is 0 Å². The standard InChI is InChI=1S/C15H17Cl3Si2/c1-19(16,14-8-4-2-5-9-14)12-13-20(17,18)15-10-6-3-7-11-15/h2-11H,12-13H2,1H3. The van der Waals surface area contributed by atoms with Crippen LogP contribution >= 0.6 is 33.2 Å². The average Bonchev–Trinajstić information content (AvgIpc) is 2.47. The van der Waals surface area contributed by atoms with Crippen molar-refractivity contribution in [3.8, 4) is 0 Å². The predicted molar refractivity (Wildman–Crippen MR) is 96.7 cm³/mol. The van der Waals surface area contributed by atoms with Crippen LogP contribution < -0.4 is 10.4 Å². The quantitative estimate of drug-likeness (QED) is 0.543. The third-order valence-corrected chi connectivity index (χ3v) is 12.4. The number of benzene rings is 2. The third-order valence-electron chi connectivity index (χ3n) is 3.48. The molecule has 5 heteroatoms. The van der Waals surface area contributed by atoms with Crippen molar-refractivity contribution in [2.24, 2.45) is 0 Å². The molecule has 0 aliphatic rings. The molecule has 0 aromatic heterocycles. The van der Waals surface area contributed by atoms with E-state index in [1.807, 2.05) is 48.5 Å². The highest BCUT2D eigenvalue weighted by molar-refractivity contribution is 7.51. The molecule has 0 amide bonds. The summed E-state index contributed by atoms with van der Waals surface area (Å²) >= 11 is 20.0. The van der Waals surface area contributed by atoms with Crippen LogP contribution in [0, 0.1) is 0 Å². The van der Waals surface area contributed by atoms with Crippen LogP contribution in [0.1, 0.15) is 0 Å². The van der Waals surface area contributed by atoms with Crippen LogP contribution in [-0.2, 0) is 0 Å². The number of hydrogen-bond donors (Lipinski definition) is 0. The molecule has 0 nitrogen and oxygen atoms in total. The van der Waals surface area contributed by atoms with Crippen LogP contribution in [0.4, 0.5) is 0 Å². The van der Waals surface area contributed by atoms with E-state index in [-0.39, 0.29) is 0 Å². The summed E-state index contributed by atoms with van der Waals surface area (Å²) in [4.78, 5) is 0. The first kappa shape index (κ1) is 16.1. The Hall–Kier alpha value is -0.256. The van der Waals surface area contributed by atoms with Gasteiger partial charge in [-0.1, -0.05) is 67.2 Å². The van der Waals surface area contributed by atoms with E-state index in [1.54, 1.807) is 0 Å². The van der Waals surface area contributed by atoms with Gasteiger partial charge in [-0.15, -0.1) is 22.2 Å².